The zero-order valence-electron chi connectivity index (χ0n) is 5.89. The summed E-state index contributed by atoms with van der Waals surface area (Å²) in [7, 11) is 3.66. The maximum Gasteiger partial charge on any atom is 0.103 e. The highest BCUT2D eigenvalue weighted by molar-refractivity contribution is 6.31. The normalized spacial score (nSPS) is 9.90. The van der Waals surface area contributed by atoms with Crippen LogP contribution >= 0.6 is 11.6 Å². The molecule has 0 spiro atoms. The molecule has 0 fully saturated rings. The van der Waals surface area contributed by atoms with Gasteiger partial charge in [-0.3, -0.25) is 0 Å². The highest BCUT2D eigenvalue weighted by Gasteiger charge is 1.95. The number of nitrogens with two attached hydrogens (primary N) is 1. The summed E-state index contributed by atoms with van der Waals surface area (Å²) >= 11 is 5.80. The van der Waals surface area contributed by atoms with Crippen molar-refractivity contribution in [3.05, 3.63) is 35.8 Å². The molecule has 1 nitrogen and oxygen atoms in total. The van der Waals surface area contributed by atoms with E-state index in [1.165, 1.54) is 0 Å². The topological polar surface area (TPSA) is 16.6 Å². The molecule has 54 valence electrons. The Bertz CT molecular complexity index is 233. The molecule has 0 saturated heterocycles. The van der Waals surface area contributed by atoms with Crippen LogP contribution in [0.1, 0.15) is 5.56 Å². The number of benzene rings is 1. The standard InChI is InChI=1S/C8H10ClN/c1-6-5-7(10-2)3-4-8(6)9/h3-5H,2,10H2,1H3. The predicted octanol–water partition coefficient (Wildman–Crippen LogP) is 1.63. The monoisotopic (exact) mass is 155 g/mol. The molecule has 0 aliphatic rings. The van der Waals surface area contributed by atoms with Crippen LogP contribution in [0.5, 0.6) is 0 Å². The Hall–Kier alpha value is -0.530. The van der Waals surface area contributed by atoms with Crippen molar-refractivity contribution in [2.24, 2.45) is 0 Å². The van der Waals surface area contributed by atoms with Gasteiger partial charge in [-0.1, -0.05) is 11.6 Å². The van der Waals surface area contributed by atoms with Gasteiger partial charge in [0.25, 0.3) is 0 Å². The quantitative estimate of drug-likeness (QED) is 0.469. The molecule has 2 N–H and O–H groups in total. The zero-order chi connectivity index (χ0) is 7.56. The smallest absolute Gasteiger partial charge is 0.103 e. The summed E-state index contributed by atoms with van der Waals surface area (Å²) in [5, 5.41) is 2.62. The van der Waals surface area contributed by atoms with Gasteiger partial charge in [-0.25, -0.2) is 0 Å². The third-order valence-electron chi connectivity index (χ3n) is 1.42. The lowest BCUT2D eigenvalue weighted by atomic mass is 10.2. The molecule has 0 atom stereocenters. The molecule has 0 aromatic heterocycles. The van der Waals surface area contributed by atoms with Crippen LogP contribution in [0.15, 0.2) is 18.2 Å². The highest BCUT2D eigenvalue weighted by atomic mass is 35.5. The molecular weight excluding hydrogens is 146 g/mol. The van der Waals surface area contributed by atoms with E-state index in [1.807, 2.05) is 30.4 Å². The molecule has 0 amide bonds. The van der Waals surface area contributed by atoms with Crippen molar-refractivity contribution < 1.29 is 5.32 Å². The minimum Gasteiger partial charge on any atom is -0.446 e. The van der Waals surface area contributed by atoms with Gasteiger partial charge in [0.15, 0.2) is 0 Å². The molecule has 0 bridgehead atoms. The van der Waals surface area contributed by atoms with Crippen molar-refractivity contribution in [1.82, 2.24) is 0 Å². The van der Waals surface area contributed by atoms with E-state index in [0.717, 1.165) is 16.3 Å². The SMILES string of the molecule is [CH2-][NH2+]c1ccc(Cl)c(C)c1. The van der Waals surface area contributed by atoms with E-state index >= 15 is 0 Å². The summed E-state index contributed by atoms with van der Waals surface area (Å²) in [6.07, 6.45) is 0. The fourth-order valence-electron chi connectivity index (χ4n) is 0.795. The van der Waals surface area contributed by atoms with Gasteiger partial charge in [0, 0.05) is 11.1 Å². The van der Waals surface area contributed by atoms with Gasteiger partial charge >= 0.3 is 0 Å². The fourth-order valence-corrected chi connectivity index (χ4v) is 0.912. The number of hydrogen-bond donors (Lipinski definition) is 1. The van der Waals surface area contributed by atoms with E-state index in [-0.39, 0.29) is 0 Å². The second-order valence-electron chi connectivity index (χ2n) is 2.21. The zero-order valence-corrected chi connectivity index (χ0v) is 6.65. The Morgan fingerprint density at radius 3 is 2.70 bits per heavy atom. The molecule has 0 radical (unpaired) electrons. The second-order valence-corrected chi connectivity index (χ2v) is 2.62. The molecule has 1 aromatic carbocycles. The van der Waals surface area contributed by atoms with Gasteiger partial charge in [0.05, 0.1) is 0 Å². The van der Waals surface area contributed by atoms with Crippen molar-refractivity contribution in [1.29, 1.82) is 0 Å². The van der Waals surface area contributed by atoms with E-state index in [0.29, 0.717) is 0 Å². The fraction of sp³-hybridized carbons (Fsp3) is 0.125. The summed E-state index contributed by atoms with van der Waals surface area (Å²) in [5.74, 6) is 0. The van der Waals surface area contributed by atoms with Crippen molar-refractivity contribution in [3.8, 4) is 0 Å². The van der Waals surface area contributed by atoms with Crippen LogP contribution in [0.2, 0.25) is 5.02 Å². The first-order valence-corrected chi connectivity index (χ1v) is 3.50. The number of halogens is 1. The van der Waals surface area contributed by atoms with Crippen LogP contribution in [-0.2, 0) is 0 Å². The molecule has 0 aliphatic heterocycles. The molecule has 0 unspecified atom stereocenters. The van der Waals surface area contributed by atoms with Crippen molar-refractivity contribution >= 4 is 17.3 Å². The number of hydrogen-bond acceptors (Lipinski definition) is 0. The van der Waals surface area contributed by atoms with Crippen LogP contribution in [-0.4, -0.2) is 0 Å². The summed E-state index contributed by atoms with van der Waals surface area (Å²) in [6, 6.07) is 5.84. The predicted molar refractivity (Wildman–Crippen MR) is 43.1 cm³/mol. The largest absolute Gasteiger partial charge is 0.446 e. The third-order valence-corrected chi connectivity index (χ3v) is 1.84. The minimum absolute atomic E-state index is 0.811. The van der Waals surface area contributed by atoms with Crippen LogP contribution in [0.4, 0.5) is 5.69 Å². The Morgan fingerprint density at radius 2 is 2.20 bits per heavy atom. The van der Waals surface area contributed by atoms with Crippen LogP contribution in [0.25, 0.3) is 0 Å². The van der Waals surface area contributed by atoms with Crippen molar-refractivity contribution in [3.63, 3.8) is 0 Å². The van der Waals surface area contributed by atoms with E-state index < -0.39 is 0 Å². The van der Waals surface area contributed by atoms with Gasteiger partial charge in [-0.2, -0.15) is 0 Å². The van der Waals surface area contributed by atoms with E-state index in [1.54, 1.807) is 0 Å². The maximum absolute atomic E-state index is 5.80. The van der Waals surface area contributed by atoms with Gasteiger partial charge in [0.1, 0.15) is 5.69 Å². The van der Waals surface area contributed by atoms with Crippen LogP contribution < -0.4 is 5.32 Å². The molecule has 0 heterocycles. The van der Waals surface area contributed by atoms with Gasteiger partial charge in [-0.15, -0.1) is 7.05 Å². The average molecular weight is 156 g/mol. The average Bonchev–Trinajstić information content (AvgIpc) is 1.95. The lowest BCUT2D eigenvalue weighted by molar-refractivity contribution is -0.504. The van der Waals surface area contributed by atoms with Gasteiger partial charge in [-0.05, 0) is 24.6 Å². The summed E-state index contributed by atoms with van der Waals surface area (Å²) in [5.41, 5.74) is 2.21. The first-order valence-electron chi connectivity index (χ1n) is 3.12. The molecule has 1 aromatic rings. The van der Waals surface area contributed by atoms with Crippen molar-refractivity contribution in [2.45, 2.75) is 6.92 Å². The van der Waals surface area contributed by atoms with E-state index in [2.05, 4.69) is 7.05 Å². The maximum atomic E-state index is 5.80. The summed E-state index contributed by atoms with van der Waals surface area (Å²) < 4.78 is 0. The highest BCUT2D eigenvalue weighted by Crippen LogP contribution is 2.16. The van der Waals surface area contributed by atoms with Crippen LogP contribution in [0.3, 0.4) is 0 Å². The Balaban J connectivity index is 3.04. The molecule has 0 aliphatic carbocycles. The lowest BCUT2D eigenvalue weighted by Gasteiger charge is -2.01. The molecule has 1 rings (SSSR count). The number of quaternary nitrogens is 1. The molecule has 0 saturated carbocycles. The van der Waals surface area contributed by atoms with E-state index in [4.69, 9.17) is 11.6 Å². The third kappa shape index (κ3) is 1.49. The number of aryl methyl sites for hydroxylation is 1. The van der Waals surface area contributed by atoms with Crippen LogP contribution in [0, 0.1) is 14.0 Å². The first-order chi connectivity index (χ1) is 4.74. The Kier molecular flexibility index (Phi) is 2.30. The second kappa shape index (κ2) is 3.04. The minimum atomic E-state index is 0.811. The van der Waals surface area contributed by atoms with Gasteiger partial charge < -0.3 is 5.32 Å². The molecular formula is C8H10ClN. The summed E-state index contributed by atoms with van der Waals surface area (Å²) in [4.78, 5) is 0. The van der Waals surface area contributed by atoms with E-state index in [9.17, 15) is 0 Å². The Morgan fingerprint density at radius 1 is 1.50 bits per heavy atom. The molecule has 2 heteroatoms. The lowest BCUT2D eigenvalue weighted by Crippen LogP contribution is -2.69. The van der Waals surface area contributed by atoms with Gasteiger partial charge in [0.2, 0.25) is 0 Å². The Labute approximate surface area is 66.0 Å². The first kappa shape index (κ1) is 7.58. The molecule has 10 heavy (non-hydrogen) atoms. The number of rotatable bonds is 1. The summed E-state index contributed by atoms with van der Waals surface area (Å²) in [6.45, 7) is 1.98. The van der Waals surface area contributed by atoms with Crippen molar-refractivity contribution in [2.75, 3.05) is 0 Å².